The van der Waals surface area contributed by atoms with Gasteiger partial charge in [0.25, 0.3) is 0 Å². The maximum absolute atomic E-state index is 10.9. The zero-order valence-electron chi connectivity index (χ0n) is 13.7. The van der Waals surface area contributed by atoms with Crippen molar-refractivity contribution in [2.24, 2.45) is 10.7 Å². The topological polar surface area (TPSA) is 97.7 Å². The predicted molar refractivity (Wildman–Crippen MR) is 108 cm³/mol. The fourth-order valence-corrected chi connectivity index (χ4v) is 3.95. The van der Waals surface area contributed by atoms with Crippen LogP contribution in [0.3, 0.4) is 0 Å². The number of rotatable bonds is 3. The Balaban J connectivity index is 2.01. The van der Waals surface area contributed by atoms with Gasteiger partial charge >= 0.3 is 0 Å². The monoisotopic (exact) mass is 479 g/mol. The van der Waals surface area contributed by atoms with E-state index in [1.54, 1.807) is 6.07 Å². The number of nitrogens with zero attached hydrogens (tertiary/aromatic N) is 3. The molecule has 0 fully saturated rings. The predicted octanol–water partition coefficient (Wildman–Crippen LogP) is 3.95. The van der Waals surface area contributed by atoms with Crippen LogP contribution in [-0.4, -0.2) is 27.2 Å². The number of aromatic nitrogens is 2. The third-order valence-corrected chi connectivity index (χ3v) is 6.10. The number of phenols is 1. The Kier molecular flexibility index (Phi) is 4.28. The Morgan fingerprint density at radius 2 is 2.12 bits per heavy atom. The lowest BCUT2D eigenvalue weighted by molar-refractivity contribution is 0.314. The quantitative estimate of drug-likeness (QED) is 0.527. The van der Waals surface area contributed by atoms with E-state index in [1.807, 2.05) is 35.8 Å². The second-order valence-corrected chi connectivity index (χ2v) is 7.32. The first kappa shape index (κ1) is 17.2. The van der Waals surface area contributed by atoms with E-state index >= 15 is 0 Å². The molecule has 0 saturated carbocycles. The highest BCUT2D eigenvalue weighted by atomic mass is 79.9. The summed E-state index contributed by atoms with van der Waals surface area (Å²) in [4.78, 5) is 9.09. The van der Waals surface area contributed by atoms with Gasteiger partial charge in [0.05, 0.1) is 23.2 Å². The molecule has 0 bridgehead atoms. The molecule has 4 rings (SSSR count). The molecule has 0 saturated heterocycles. The van der Waals surface area contributed by atoms with E-state index in [4.69, 9.17) is 10.5 Å². The fraction of sp³-hybridized carbons (Fsp3) is 0.176. The fourth-order valence-electron chi connectivity index (χ4n) is 3.02. The molecule has 26 heavy (non-hydrogen) atoms. The van der Waals surface area contributed by atoms with Crippen LogP contribution in [0.1, 0.15) is 18.7 Å². The summed E-state index contributed by atoms with van der Waals surface area (Å²) in [6.45, 7) is 2.29. The van der Waals surface area contributed by atoms with Gasteiger partial charge in [0.15, 0.2) is 23.6 Å². The maximum Gasteiger partial charge on any atom is 0.212 e. The molecule has 0 spiro atoms. The highest BCUT2D eigenvalue weighted by Gasteiger charge is 2.31. The smallest absolute Gasteiger partial charge is 0.212 e. The van der Waals surface area contributed by atoms with E-state index in [-0.39, 0.29) is 11.7 Å². The van der Waals surface area contributed by atoms with E-state index in [9.17, 15) is 5.11 Å². The standard InChI is InChI=1S/C17H15Br2N5O2/c1-2-26-11-7-8(18)13(19)12(14(11)25)15-22-16(20)23-17-21-9-5-3-4-6-10(9)24(15)17/h3-7,15,25H,2H2,1H3,(H3,20,21,22,23). The lowest BCUT2D eigenvalue weighted by atomic mass is 10.1. The Labute approximate surface area is 166 Å². The van der Waals surface area contributed by atoms with Crippen LogP contribution in [0.15, 0.2) is 44.3 Å². The van der Waals surface area contributed by atoms with E-state index in [0.29, 0.717) is 28.3 Å². The Morgan fingerprint density at radius 3 is 2.88 bits per heavy atom. The van der Waals surface area contributed by atoms with Crippen molar-refractivity contribution in [2.75, 3.05) is 11.9 Å². The lowest BCUT2D eigenvalue weighted by Crippen LogP contribution is -2.31. The summed E-state index contributed by atoms with van der Waals surface area (Å²) < 4.78 is 8.88. The van der Waals surface area contributed by atoms with Gasteiger partial charge < -0.3 is 15.6 Å². The minimum Gasteiger partial charge on any atom is -0.504 e. The number of aliphatic imine (C=N–C) groups is 1. The number of hydrogen-bond donors (Lipinski definition) is 3. The van der Waals surface area contributed by atoms with Crippen LogP contribution >= 0.6 is 31.9 Å². The van der Waals surface area contributed by atoms with Gasteiger partial charge in [-0.25, -0.2) is 9.98 Å². The summed E-state index contributed by atoms with van der Waals surface area (Å²) >= 11 is 7.05. The highest BCUT2D eigenvalue weighted by molar-refractivity contribution is 9.13. The van der Waals surface area contributed by atoms with Crippen molar-refractivity contribution in [3.8, 4) is 11.5 Å². The third kappa shape index (κ3) is 2.62. The normalized spacial score (nSPS) is 16.1. The van der Waals surface area contributed by atoms with E-state index in [2.05, 4.69) is 47.2 Å². The van der Waals surface area contributed by atoms with Crippen LogP contribution < -0.4 is 15.8 Å². The van der Waals surface area contributed by atoms with Crippen LogP contribution in [0.5, 0.6) is 11.5 Å². The van der Waals surface area contributed by atoms with Crippen molar-refractivity contribution in [1.82, 2.24) is 9.55 Å². The number of imidazole rings is 1. The second-order valence-electron chi connectivity index (χ2n) is 5.67. The average Bonchev–Trinajstić information content (AvgIpc) is 2.98. The summed E-state index contributed by atoms with van der Waals surface area (Å²) in [6.07, 6.45) is -0.607. The van der Waals surface area contributed by atoms with Crippen LogP contribution in [0.25, 0.3) is 11.0 Å². The molecule has 9 heteroatoms. The first-order valence-electron chi connectivity index (χ1n) is 7.92. The van der Waals surface area contributed by atoms with Crippen molar-refractivity contribution in [1.29, 1.82) is 0 Å². The number of aromatic hydroxyl groups is 1. The zero-order valence-corrected chi connectivity index (χ0v) is 16.9. The van der Waals surface area contributed by atoms with Crippen molar-refractivity contribution >= 4 is 54.8 Å². The number of ether oxygens (including phenoxy) is 1. The Bertz CT molecular complexity index is 1050. The highest BCUT2D eigenvalue weighted by Crippen LogP contribution is 2.47. The molecule has 0 aliphatic carbocycles. The minimum atomic E-state index is -0.607. The van der Waals surface area contributed by atoms with Crippen LogP contribution in [0.2, 0.25) is 0 Å². The summed E-state index contributed by atoms with van der Waals surface area (Å²) in [7, 11) is 0. The van der Waals surface area contributed by atoms with Gasteiger partial charge in [-0.3, -0.25) is 9.88 Å². The summed E-state index contributed by atoms with van der Waals surface area (Å²) in [5.41, 5.74) is 8.20. The number of phenolic OH excluding ortho intramolecular Hbond substituents is 1. The number of benzene rings is 2. The van der Waals surface area contributed by atoms with Crippen LogP contribution in [0, 0.1) is 0 Å². The van der Waals surface area contributed by atoms with Gasteiger partial charge in [-0.1, -0.05) is 12.1 Å². The Hall–Kier alpha value is -2.26. The molecule has 1 atom stereocenters. The number of fused-ring (bicyclic) bond motifs is 3. The minimum absolute atomic E-state index is 0.00843. The van der Waals surface area contributed by atoms with E-state index in [0.717, 1.165) is 15.5 Å². The molecule has 0 amide bonds. The van der Waals surface area contributed by atoms with Crippen molar-refractivity contribution < 1.29 is 9.84 Å². The summed E-state index contributed by atoms with van der Waals surface area (Å²) in [5, 5.41) is 13.8. The van der Waals surface area contributed by atoms with Gasteiger partial charge in [0.1, 0.15) is 0 Å². The first-order valence-corrected chi connectivity index (χ1v) is 9.50. The summed E-state index contributed by atoms with van der Waals surface area (Å²) in [5.74, 6) is 1.17. The van der Waals surface area contributed by atoms with Gasteiger partial charge in [-0.2, -0.15) is 0 Å². The molecule has 2 heterocycles. The molecule has 1 aromatic heterocycles. The number of guanidine groups is 1. The van der Waals surface area contributed by atoms with Gasteiger partial charge in [0, 0.05) is 8.95 Å². The summed E-state index contributed by atoms with van der Waals surface area (Å²) in [6, 6.07) is 9.42. The number of anilines is 1. The molecule has 0 radical (unpaired) electrons. The maximum atomic E-state index is 10.9. The zero-order chi connectivity index (χ0) is 18.4. The number of nitrogens with two attached hydrogens (primary N) is 1. The molecule has 4 N–H and O–H groups in total. The van der Waals surface area contributed by atoms with Crippen LogP contribution in [-0.2, 0) is 0 Å². The molecule has 134 valence electrons. The number of para-hydroxylation sites is 2. The third-order valence-electron chi connectivity index (χ3n) is 4.09. The Morgan fingerprint density at radius 1 is 1.35 bits per heavy atom. The largest absolute Gasteiger partial charge is 0.504 e. The average molecular weight is 481 g/mol. The molecular weight excluding hydrogens is 466 g/mol. The van der Waals surface area contributed by atoms with Gasteiger partial charge in [-0.15, -0.1) is 0 Å². The number of nitrogens with one attached hydrogen (secondary N) is 1. The van der Waals surface area contributed by atoms with E-state index < -0.39 is 6.17 Å². The molecule has 2 aromatic carbocycles. The molecular formula is C17H15Br2N5O2. The van der Waals surface area contributed by atoms with E-state index in [1.165, 1.54) is 0 Å². The molecule has 7 nitrogen and oxygen atoms in total. The van der Waals surface area contributed by atoms with Crippen molar-refractivity contribution in [3.05, 3.63) is 44.8 Å². The molecule has 1 unspecified atom stereocenters. The number of halogens is 2. The molecule has 3 aromatic rings. The SMILES string of the molecule is CCOc1cc(Br)c(Br)c(C2N=C(N)Nc3nc4ccccc4n32)c1O. The van der Waals surface area contributed by atoms with Gasteiger partial charge in [0.2, 0.25) is 5.95 Å². The van der Waals surface area contributed by atoms with Crippen molar-refractivity contribution in [2.45, 2.75) is 13.1 Å². The molecule has 1 aliphatic rings. The van der Waals surface area contributed by atoms with Crippen LogP contribution in [0.4, 0.5) is 5.95 Å². The van der Waals surface area contributed by atoms with Crippen molar-refractivity contribution in [3.63, 3.8) is 0 Å². The number of hydrogen-bond acceptors (Lipinski definition) is 6. The van der Waals surface area contributed by atoms with Gasteiger partial charge in [-0.05, 0) is 57.0 Å². The first-order chi connectivity index (χ1) is 12.5. The lowest BCUT2D eigenvalue weighted by Gasteiger charge is -2.26. The molecule has 1 aliphatic heterocycles. The second kappa shape index (κ2) is 6.48.